The first-order chi connectivity index (χ1) is 7.77. The third-order valence-electron chi connectivity index (χ3n) is 3.29. The lowest BCUT2D eigenvalue weighted by molar-refractivity contribution is 0.134. The Morgan fingerprint density at radius 3 is 2.88 bits per heavy atom. The lowest BCUT2D eigenvalue weighted by Crippen LogP contribution is -2.26. The number of para-hydroxylation sites is 2. The predicted molar refractivity (Wildman–Crippen MR) is 59.4 cm³/mol. The maximum atomic E-state index is 11.8. The van der Waals surface area contributed by atoms with Crippen LogP contribution in [-0.4, -0.2) is 15.8 Å². The molecule has 0 radical (unpaired) electrons. The smallest absolute Gasteiger partial charge is 0.408 e. The molecule has 0 bridgehead atoms. The second kappa shape index (κ2) is 3.49. The lowest BCUT2D eigenvalue weighted by atomic mass is 10.2. The molecule has 0 spiro atoms. The minimum absolute atomic E-state index is 0.129. The van der Waals surface area contributed by atoms with Crippen molar-refractivity contribution < 1.29 is 9.52 Å². The van der Waals surface area contributed by atoms with E-state index in [0.29, 0.717) is 5.58 Å². The van der Waals surface area contributed by atoms with Crippen molar-refractivity contribution in [3.8, 4) is 0 Å². The summed E-state index contributed by atoms with van der Waals surface area (Å²) in [6, 6.07) is 7.20. The van der Waals surface area contributed by atoms with Gasteiger partial charge in [0.1, 0.15) is 0 Å². The highest BCUT2D eigenvalue weighted by Gasteiger charge is 2.29. The number of aliphatic hydroxyl groups excluding tert-OH is 1. The molecule has 0 amide bonds. The zero-order valence-corrected chi connectivity index (χ0v) is 8.80. The summed E-state index contributed by atoms with van der Waals surface area (Å²) in [5, 5.41) is 9.84. The summed E-state index contributed by atoms with van der Waals surface area (Å²) in [7, 11) is 0. The Balaban J connectivity index is 2.22. The first kappa shape index (κ1) is 9.66. The second-order valence-electron chi connectivity index (χ2n) is 4.27. The SMILES string of the molecule is O=c1oc2ccccc2n1[C@H]1CCC[C@@H]1O. The van der Waals surface area contributed by atoms with Crippen molar-refractivity contribution in [2.45, 2.75) is 31.4 Å². The van der Waals surface area contributed by atoms with E-state index in [1.807, 2.05) is 18.2 Å². The number of benzene rings is 1. The van der Waals surface area contributed by atoms with Gasteiger partial charge in [0.25, 0.3) is 0 Å². The normalized spacial score (nSPS) is 25.3. The molecular formula is C12H13NO3. The molecule has 2 aromatic rings. The summed E-state index contributed by atoms with van der Waals surface area (Å²) >= 11 is 0. The van der Waals surface area contributed by atoms with E-state index in [0.717, 1.165) is 24.8 Å². The number of nitrogens with zero attached hydrogens (tertiary/aromatic N) is 1. The summed E-state index contributed by atoms with van der Waals surface area (Å²) in [4.78, 5) is 11.8. The summed E-state index contributed by atoms with van der Waals surface area (Å²) in [6.07, 6.45) is 2.12. The van der Waals surface area contributed by atoms with Crippen LogP contribution in [-0.2, 0) is 0 Å². The van der Waals surface area contributed by atoms with Gasteiger partial charge in [0.2, 0.25) is 0 Å². The molecule has 1 aromatic heterocycles. The zero-order valence-electron chi connectivity index (χ0n) is 8.80. The van der Waals surface area contributed by atoms with Gasteiger partial charge >= 0.3 is 5.76 Å². The third kappa shape index (κ3) is 1.30. The molecule has 4 nitrogen and oxygen atoms in total. The van der Waals surface area contributed by atoms with Gasteiger partial charge in [-0.25, -0.2) is 4.79 Å². The second-order valence-corrected chi connectivity index (χ2v) is 4.27. The Kier molecular flexibility index (Phi) is 2.11. The Hall–Kier alpha value is -1.55. The first-order valence-electron chi connectivity index (χ1n) is 5.55. The Morgan fingerprint density at radius 2 is 2.12 bits per heavy atom. The van der Waals surface area contributed by atoms with E-state index in [1.165, 1.54) is 0 Å². The van der Waals surface area contributed by atoms with Gasteiger partial charge in [0.15, 0.2) is 5.58 Å². The number of aromatic nitrogens is 1. The quantitative estimate of drug-likeness (QED) is 0.793. The highest BCUT2D eigenvalue weighted by Crippen LogP contribution is 2.31. The van der Waals surface area contributed by atoms with Crippen LogP contribution in [0.3, 0.4) is 0 Å². The molecule has 1 saturated carbocycles. The van der Waals surface area contributed by atoms with Crippen LogP contribution in [0.25, 0.3) is 11.1 Å². The molecule has 0 saturated heterocycles. The standard InChI is InChI=1S/C12H13NO3/c14-10-6-3-5-8(10)13-9-4-1-2-7-11(9)16-12(13)15/h1-2,4,7-8,10,14H,3,5-6H2/t8-,10-/m0/s1. The number of hydrogen-bond acceptors (Lipinski definition) is 3. The zero-order chi connectivity index (χ0) is 11.1. The van der Waals surface area contributed by atoms with Crippen molar-refractivity contribution in [1.29, 1.82) is 0 Å². The van der Waals surface area contributed by atoms with Gasteiger partial charge in [-0.3, -0.25) is 4.57 Å². The van der Waals surface area contributed by atoms with E-state index in [1.54, 1.807) is 10.6 Å². The van der Waals surface area contributed by atoms with E-state index in [-0.39, 0.29) is 11.8 Å². The average molecular weight is 219 g/mol. The van der Waals surface area contributed by atoms with Gasteiger partial charge in [-0.15, -0.1) is 0 Å². The highest BCUT2D eigenvalue weighted by atomic mass is 16.4. The van der Waals surface area contributed by atoms with Crippen molar-refractivity contribution in [3.63, 3.8) is 0 Å². The van der Waals surface area contributed by atoms with Crippen molar-refractivity contribution >= 4 is 11.1 Å². The molecule has 1 aromatic carbocycles. The molecule has 0 unspecified atom stereocenters. The van der Waals surface area contributed by atoms with E-state index in [2.05, 4.69) is 0 Å². The average Bonchev–Trinajstić information content (AvgIpc) is 2.81. The fraction of sp³-hybridized carbons (Fsp3) is 0.417. The number of oxazole rings is 1. The summed E-state index contributed by atoms with van der Waals surface area (Å²) in [5.74, 6) is -0.368. The number of fused-ring (bicyclic) bond motifs is 1. The molecule has 84 valence electrons. The molecule has 4 heteroatoms. The summed E-state index contributed by atoms with van der Waals surface area (Å²) in [5.41, 5.74) is 1.37. The Bertz CT molecular complexity index is 569. The molecule has 1 N–H and O–H groups in total. The van der Waals surface area contributed by atoms with Crippen molar-refractivity contribution in [1.82, 2.24) is 4.57 Å². The van der Waals surface area contributed by atoms with Crippen molar-refractivity contribution in [3.05, 3.63) is 34.8 Å². The molecule has 0 aliphatic heterocycles. The first-order valence-corrected chi connectivity index (χ1v) is 5.55. The Labute approximate surface area is 92.1 Å². The minimum Gasteiger partial charge on any atom is -0.408 e. The van der Waals surface area contributed by atoms with Crippen LogP contribution in [0.4, 0.5) is 0 Å². The molecule has 1 aliphatic rings. The van der Waals surface area contributed by atoms with E-state index >= 15 is 0 Å². The summed E-state index contributed by atoms with van der Waals surface area (Å²) in [6.45, 7) is 0. The van der Waals surface area contributed by atoms with Gasteiger partial charge in [0, 0.05) is 0 Å². The molecule has 1 aliphatic carbocycles. The van der Waals surface area contributed by atoms with Gasteiger partial charge in [-0.05, 0) is 31.4 Å². The monoisotopic (exact) mass is 219 g/mol. The van der Waals surface area contributed by atoms with Crippen LogP contribution in [0, 0.1) is 0 Å². The Morgan fingerprint density at radius 1 is 1.31 bits per heavy atom. The predicted octanol–water partition coefficient (Wildman–Crippen LogP) is 1.68. The molecule has 1 fully saturated rings. The number of rotatable bonds is 1. The van der Waals surface area contributed by atoms with Gasteiger partial charge in [-0.2, -0.15) is 0 Å². The van der Waals surface area contributed by atoms with Crippen molar-refractivity contribution in [2.24, 2.45) is 0 Å². The third-order valence-corrected chi connectivity index (χ3v) is 3.29. The fourth-order valence-electron chi connectivity index (χ4n) is 2.52. The molecule has 16 heavy (non-hydrogen) atoms. The van der Waals surface area contributed by atoms with Crippen LogP contribution in [0.2, 0.25) is 0 Å². The minimum atomic E-state index is -0.432. The van der Waals surface area contributed by atoms with Crippen LogP contribution < -0.4 is 5.76 Å². The maximum absolute atomic E-state index is 11.8. The molecule has 2 atom stereocenters. The summed E-state index contributed by atoms with van der Waals surface area (Å²) < 4.78 is 6.75. The van der Waals surface area contributed by atoms with E-state index in [4.69, 9.17) is 4.42 Å². The largest absolute Gasteiger partial charge is 0.420 e. The topological polar surface area (TPSA) is 55.4 Å². The molecule has 3 rings (SSSR count). The van der Waals surface area contributed by atoms with Crippen LogP contribution in [0.5, 0.6) is 0 Å². The lowest BCUT2D eigenvalue weighted by Gasteiger charge is -2.14. The number of aliphatic hydroxyl groups is 1. The van der Waals surface area contributed by atoms with Gasteiger partial charge < -0.3 is 9.52 Å². The fourth-order valence-corrected chi connectivity index (χ4v) is 2.52. The van der Waals surface area contributed by atoms with Crippen LogP contribution >= 0.6 is 0 Å². The van der Waals surface area contributed by atoms with Gasteiger partial charge in [-0.1, -0.05) is 12.1 Å². The van der Waals surface area contributed by atoms with Crippen LogP contribution in [0.1, 0.15) is 25.3 Å². The van der Waals surface area contributed by atoms with Gasteiger partial charge in [0.05, 0.1) is 17.7 Å². The highest BCUT2D eigenvalue weighted by molar-refractivity contribution is 5.72. The molecular weight excluding hydrogens is 206 g/mol. The maximum Gasteiger partial charge on any atom is 0.420 e. The van der Waals surface area contributed by atoms with Crippen LogP contribution in [0.15, 0.2) is 33.5 Å². The van der Waals surface area contributed by atoms with E-state index in [9.17, 15) is 9.90 Å². The van der Waals surface area contributed by atoms with Crippen molar-refractivity contribution in [2.75, 3.05) is 0 Å². The van der Waals surface area contributed by atoms with E-state index < -0.39 is 6.10 Å². The molecule has 1 heterocycles. The number of hydrogen-bond donors (Lipinski definition) is 1.